The molecule has 2 aromatic rings. The normalized spacial score (nSPS) is 10.0. The summed E-state index contributed by atoms with van der Waals surface area (Å²) in [6.07, 6.45) is 1.60. The first kappa shape index (κ1) is 13.1. The lowest BCUT2D eigenvalue weighted by Crippen LogP contribution is -2.01. The van der Waals surface area contributed by atoms with Gasteiger partial charge in [0.15, 0.2) is 5.78 Å². The SMILES string of the molecule is COc1ccc([CH]C(=O)c2ccc(OC)cc2)cc1. The van der Waals surface area contributed by atoms with Crippen LogP contribution in [0.3, 0.4) is 0 Å². The molecule has 1 radical (unpaired) electrons. The van der Waals surface area contributed by atoms with Gasteiger partial charge >= 0.3 is 0 Å². The summed E-state index contributed by atoms with van der Waals surface area (Å²) in [6.45, 7) is 0. The molecule has 0 fully saturated rings. The molecule has 0 bridgehead atoms. The number of ether oxygens (including phenoxy) is 2. The Balaban J connectivity index is 2.06. The van der Waals surface area contributed by atoms with Gasteiger partial charge in [-0.1, -0.05) is 12.1 Å². The number of carbonyl (C=O) groups excluding carboxylic acids is 1. The van der Waals surface area contributed by atoms with Crippen LogP contribution in [0.2, 0.25) is 0 Å². The van der Waals surface area contributed by atoms with Crippen LogP contribution in [0.5, 0.6) is 11.5 Å². The highest BCUT2D eigenvalue weighted by Crippen LogP contribution is 2.16. The summed E-state index contributed by atoms with van der Waals surface area (Å²) in [7, 11) is 3.21. The fourth-order valence-corrected chi connectivity index (χ4v) is 1.69. The van der Waals surface area contributed by atoms with Crippen molar-refractivity contribution < 1.29 is 14.3 Å². The first-order valence-electron chi connectivity index (χ1n) is 5.90. The first-order chi connectivity index (χ1) is 9.22. The number of ketones is 1. The van der Waals surface area contributed by atoms with Crippen molar-refractivity contribution in [3.8, 4) is 11.5 Å². The number of rotatable bonds is 5. The molecule has 0 saturated carbocycles. The molecule has 97 valence electrons. The molecule has 0 atom stereocenters. The van der Waals surface area contributed by atoms with Gasteiger partial charge in [0.05, 0.1) is 20.6 Å². The highest BCUT2D eigenvalue weighted by molar-refractivity contribution is 6.04. The summed E-state index contributed by atoms with van der Waals surface area (Å²) in [4.78, 5) is 12.0. The van der Waals surface area contributed by atoms with Gasteiger partial charge in [0, 0.05) is 5.56 Å². The molecule has 0 aliphatic rings. The third-order valence-electron chi connectivity index (χ3n) is 2.79. The Morgan fingerprint density at radius 3 is 1.79 bits per heavy atom. The minimum atomic E-state index is -0.0344. The Labute approximate surface area is 112 Å². The fraction of sp³-hybridized carbons (Fsp3) is 0.125. The quantitative estimate of drug-likeness (QED) is 0.770. The van der Waals surface area contributed by atoms with Crippen molar-refractivity contribution in [2.45, 2.75) is 0 Å². The lowest BCUT2D eigenvalue weighted by atomic mass is 10.0. The Morgan fingerprint density at radius 2 is 1.32 bits per heavy atom. The topological polar surface area (TPSA) is 35.5 Å². The summed E-state index contributed by atoms with van der Waals surface area (Å²) in [5.74, 6) is 1.47. The van der Waals surface area contributed by atoms with Crippen molar-refractivity contribution in [3.05, 3.63) is 66.1 Å². The molecular formula is C16H15O3. The van der Waals surface area contributed by atoms with Crippen molar-refractivity contribution >= 4 is 5.78 Å². The van der Waals surface area contributed by atoms with Crippen molar-refractivity contribution in [2.75, 3.05) is 14.2 Å². The van der Waals surface area contributed by atoms with E-state index in [2.05, 4.69) is 0 Å². The number of carbonyl (C=O) groups is 1. The van der Waals surface area contributed by atoms with E-state index in [1.165, 1.54) is 0 Å². The number of benzene rings is 2. The molecule has 0 saturated heterocycles. The molecule has 0 heterocycles. The standard InChI is InChI=1S/C16H15O3/c1-18-14-7-3-12(4-8-14)11-16(17)13-5-9-15(19-2)10-6-13/h3-11H,1-2H3. The molecule has 0 aliphatic carbocycles. The van der Waals surface area contributed by atoms with E-state index in [-0.39, 0.29) is 5.78 Å². The van der Waals surface area contributed by atoms with Crippen LogP contribution in [-0.2, 0) is 0 Å². The Hall–Kier alpha value is -2.29. The average Bonchev–Trinajstić information content (AvgIpc) is 2.48. The summed E-state index contributed by atoms with van der Waals surface area (Å²) >= 11 is 0. The molecule has 0 spiro atoms. The maximum Gasteiger partial charge on any atom is 0.171 e. The highest BCUT2D eigenvalue weighted by atomic mass is 16.5. The van der Waals surface area contributed by atoms with E-state index < -0.39 is 0 Å². The van der Waals surface area contributed by atoms with E-state index in [9.17, 15) is 4.79 Å². The molecule has 2 aromatic carbocycles. The highest BCUT2D eigenvalue weighted by Gasteiger charge is 2.07. The largest absolute Gasteiger partial charge is 0.497 e. The zero-order valence-electron chi connectivity index (χ0n) is 10.9. The van der Waals surface area contributed by atoms with E-state index in [4.69, 9.17) is 9.47 Å². The van der Waals surface area contributed by atoms with E-state index >= 15 is 0 Å². The third-order valence-corrected chi connectivity index (χ3v) is 2.79. The van der Waals surface area contributed by atoms with E-state index in [0.717, 1.165) is 17.1 Å². The molecule has 0 unspecified atom stereocenters. The minimum absolute atomic E-state index is 0.0344. The predicted molar refractivity (Wildman–Crippen MR) is 73.7 cm³/mol. The third kappa shape index (κ3) is 3.35. The lowest BCUT2D eigenvalue weighted by Gasteiger charge is -2.04. The van der Waals surface area contributed by atoms with Crippen LogP contribution in [0.25, 0.3) is 0 Å². The molecule has 2 rings (SSSR count). The molecule has 3 heteroatoms. The van der Waals surface area contributed by atoms with Crippen molar-refractivity contribution in [2.24, 2.45) is 0 Å². The molecule has 19 heavy (non-hydrogen) atoms. The van der Waals surface area contributed by atoms with Crippen LogP contribution >= 0.6 is 0 Å². The van der Waals surface area contributed by atoms with E-state index in [0.29, 0.717) is 5.56 Å². The van der Waals surface area contributed by atoms with Gasteiger partial charge in [-0.3, -0.25) is 4.79 Å². The number of hydrogen-bond donors (Lipinski definition) is 0. The lowest BCUT2D eigenvalue weighted by molar-refractivity contribution is 0.103. The number of methoxy groups -OCH3 is 2. The molecule has 3 nitrogen and oxygen atoms in total. The number of Topliss-reactive ketones (excluding diaryl/α,β-unsaturated/α-hetero) is 1. The minimum Gasteiger partial charge on any atom is -0.497 e. The molecular weight excluding hydrogens is 240 g/mol. The maximum atomic E-state index is 12.0. The van der Waals surface area contributed by atoms with Crippen molar-refractivity contribution in [3.63, 3.8) is 0 Å². The fourth-order valence-electron chi connectivity index (χ4n) is 1.69. The zero-order chi connectivity index (χ0) is 13.7. The monoisotopic (exact) mass is 255 g/mol. The van der Waals surface area contributed by atoms with E-state index in [1.807, 2.05) is 24.3 Å². The summed E-state index contributed by atoms with van der Waals surface area (Å²) < 4.78 is 10.1. The van der Waals surface area contributed by atoms with Gasteiger partial charge in [-0.2, -0.15) is 0 Å². The van der Waals surface area contributed by atoms with Crippen LogP contribution in [0.1, 0.15) is 15.9 Å². The zero-order valence-corrected chi connectivity index (χ0v) is 10.9. The summed E-state index contributed by atoms with van der Waals surface area (Å²) in [5, 5.41) is 0. The van der Waals surface area contributed by atoms with Crippen LogP contribution in [0.15, 0.2) is 48.5 Å². The van der Waals surface area contributed by atoms with Gasteiger partial charge in [0.2, 0.25) is 0 Å². The van der Waals surface area contributed by atoms with Gasteiger partial charge < -0.3 is 9.47 Å². The average molecular weight is 255 g/mol. The van der Waals surface area contributed by atoms with Crippen LogP contribution in [0.4, 0.5) is 0 Å². The second kappa shape index (κ2) is 6.05. The van der Waals surface area contributed by atoms with Crippen LogP contribution in [-0.4, -0.2) is 20.0 Å². The van der Waals surface area contributed by atoms with Crippen LogP contribution < -0.4 is 9.47 Å². The van der Waals surface area contributed by atoms with Gasteiger partial charge in [-0.15, -0.1) is 0 Å². The van der Waals surface area contributed by atoms with Gasteiger partial charge in [0.25, 0.3) is 0 Å². The summed E-state index contributed by atoms with van der Waals surface area (Å²) in [6, 6.07) is 14.4. The van der Waals surface area contributed by atoms with Crippen molar-refractivity contribution in [1.29, 1.82) is 0 Å². The Morgan fingerprint density at radius 1 is 0.842 bits per heavy atom. The van der Waals surface area contributed by atoms with Crippen molar-refractivity contribution in [1.82, 2.24) is 0 Å². The second-order valence-electron chi connectivity index (χ2n) is 4.01. The maximum absolute atomic E-state index is 12.0. The molecule has 0 N–H and O–H groups in total. The van der Waals surface area contributed by atoms with Crippen LogP contribution in [0, 0.1) is 6.42 Å². The first-order valence-corrected chi connectivity index (χ1v) is 5.90. The smallest absolute Gasteiger partial charge is 0.171 e. The predicted octanol–water partition coefficient (Wildman–Crippen LogP) is 3.14. The Kier molecular flexibility index (Phi) is 4.18. The van der Waals surface area contributed by atoms with Gasteiger partial charge in [0.1, 0.15) is 11.5 Å². The van der Waals surface area contributed by atoms with Gasteiger partial charge in [-0.05, 0) is 42.0 Å². The molecule has 0 amide bonds. The second-order valence-corrected chi connectivity index (χ2v) is 4.01. The van der Waals surface area contributed by atoms with E-state index in [1.54, 1.807) is 44.9 Å². The van der Waals surface area contributed by atoms with Gasteiger partial charge in [-0.25, -0.2) is 0 Å². The number of hydrogen-bond acceptors (Lipinski definition) is 3. The molecule has 0 aliphatic heterocycles. The Bertz CT molecular complexity index is 541. The summed E-state index contributed by atoms with van der Waals surface area (Å²) in [5.41, 5.74) is 1.48. The molecule has 0 aromatic heterocycles.